The minimum absolute atomic E-state index is 0.833. The van der Waals surface area contributed by atoms with E-state index in [9.17, 15) is 0 Å². The summed E-state index contributed by atoms with van der Waals surface area (Å²) < 4.78 is 0. The van der Waals surface area contributed by atoms with Crippen LogP contribution in [0.3, 0.4) is 0 Å². The highest BCUT2D eigenvalue weighted by Crippen LogP contribution is 2.38. The van der Waals surface area contributed by atoms with Crippen LogP contribution in [0.5, 0.6) is 0 Å². The van der Waals surface area contributed by atoms with Crippen molar-refractivity contribution in [1.82, 2.24) is 5.32 Å². The highest BCUT2D eigenvalue weighted by molar-refractivity contribution is 7.99. The van der Waals surface area contributed by atoms with E-state index < -0.39 is 0 Å². The van der Waals surface area contributed by atoms with Crippen LogP contribution < -0.4 is 5.32 Å². The molecule has 0 atom stereocenters. The minimum Gasteiger partial charge on any atom is -0.313 e. The van der Waals surface area contributed by atoms with Crippen LogP contribution in [-0.4, -0.2) is 13.1 Å². The molecule has 3 rings (SSSR count). The van der Waals surface area contributed by atoms with Gasteiger partial charge in [0.25, 0.3) is 0 Å². The van der Waals surface area contributed by atoms with Crippen molar-refractivity contribution in [2.45, 2.75) is 30.1 Å². The van der Waals surface area contributed by atoms with E-state index in [0.29, 0.717) is 0 Å². The van der Waals surface area contributed by atoms with E-state index in [2.05, 4.69) is 49.5 Å². The fraction of sp³-hybridized carbons (Fsp3) is 0.263. The van der Waals surface area contributed by atoms with E-state index >= 15 is 0 Å². The van der Waals surface area contributed by atoms with E-state index in [1.165, 1.54) is 26.5 Å². The van der Waals surface area contributed by atoms with Gasteiger partial charge in [-0.05, 0) is 61.7 Å². The third kappa shape index (κ3) is 3.40. The van der Waals surface area contributed by atoms with Crippen LogP contribution in [0.1, 0.15) is 23.1 Å². The molecule has 0 radical (unpaired) electrons. The summed E-state index contributed by atoms with van der Waals surface area (Å²) in [5.41, 5.74) is 5.28. The van der Waals surface area contributed by atoms with Gasteiger partial charge >= 0.3 is 0 Å². The number of rotatable bonds is 3. The summed E-state index contributed by atoms with van der Waals surface area (Å²) in [6, 6.07) is 12.8. The minimum atomic E-state index is 0.833. The van der Waals surface area contributed by atoms with Gasteiger partial charge in [0.15, 0.2) is 0 Å². The standard InChI is InChI=1S/C19H20ClNS/c1-13-6-7-19(16(12-13)15-8-10-21-11-9-15)22-18-5-3-4-17(20)14(18)2/h3-8,12,21H,9-11H2,1-2H3. The van der Waals surface area contributed by atoms with E-state index in [1.807, 2.05) is 23.9 Å². The Bertz CT molecular complexity index is 721. The van der Waals surface area contributed by atoms with Crippen molar-refractivity contribution in [3.8, 4) is 0 Å². The molecule has 0 spiro atoms. The quantitative estimate of drug-likeness (QED) is 0.799. The van der Waals surface area contributed by atoms with Gasteiger partial charge in [-0.2, -0.15) is 0 Å². The molecule has 0 amide bonds. The molecule has 0 fully saturated rings. The predicted molar refractivity (Wildman–Crippen MR) is 97.0 cm³/mol. The first-order valence-corrected chi connectivity index (χ1v) is 8.78. The van der Waals surface area contributed by atoms with Crippen LogP contribution in [-0.2, 0) is 0 Å². The third-order valence-corrected chi connectivity index (χ3v) is 5.63. The van der Waals surface area contributed by atoms with Crippen molar-refractivity contribution in [2.24, 2.45) is 0 Å². The largest absolute Gasteiger partial charge is 0.313 e. The lowest BCUT2D eigenvalue weighted by Crippen LogP contribution is -2.20. The Balaban J connectivity index is 2.00. The van der Waals surface area contributed by atoms with Crippen LogP contribution in [0, 0.1) is 13.8 Å². The molecular formula is C19H20ClNS. The van der Waals surface area contributed by atoms with E-state index in [-0.39, 0.29) is 0 Å². The topological polar surface area (TPSA) is 12.0 Å². The highest BCUT2D eigenvalue weighted by atomic mass is 35.5. The maximum Gasteiger partial charge on any atom is 0.0446 e. The lowest BCUT2D eigenvalue weighted by atomic mass is 9.99. The number of hydrogen-bond acceptors (Lipinski definition) is 2. The second kappa shape index (κ2) is 6.91. The van der Waals surface area contributed by atoms with Crippen LogP contribution in [0.25, 0.3) is 5.57 Å². The predicted octanol–water partition coefficient (Wildman–Crippen LogP) is 5.48. The third-order valence-electron chi connectivity index (χ3n) is 3.98. The molecule has 1 N–H and O–H groups in total. The molecule has 0 bridgehead atoms. The van der Waals surface area contributed by atoms with Crippen LogP contribution >= 0.6 is 23.4 Å². The fourth-order valence-corrected chi connectivity index (χ4v) is 3.98. The van der Waals surface area contributed by atoms with Crippen molar-refractivity contribution in [2.75, 3.05) is 13.1 Å². The van der Waals surface area contributed by atoms with Crippen molar-refractivity contribution in [3.63, 3.8) is 0 Å². The van der Waals surface area contributed by atoms with Crippen molar-refractivity contribution >= 4 is 28.9 Å². The zero-order valence-corrected chi connectivity index (χ0v) is 14.5. The lowest BCUT2D eigenvalue weighted by Gasteiger charge is -2.18. The van der Waals surface area contributed by atoms with Crippen LogP contribution in [0.2, 0.25) is 5.02 Å². The molecule has 114 valence electrons. The smallest absolute Gasteiger partial charge is 0.0446 e. The number of nitrogens with one attached hydrogen (secondary N) is 1. The van der Waals surface area contributed by atoms with Crippen LogP contribution in [0.15, 0.2) is 52.3 Å². The molecule has 0 aromatic heterocycles. The second-order valence-electron chi connectivity index (χ2n) is 5.65. The molecule has 0 aliphatic carbocycles. The van der Waals surface area contributed by atoms with E-state index in [4.69, 9.17) is 11.6 Å². The number of benzene rings is 2. The fourth-order valence-electron chi connectivity index (χ4n) is 2.67. The monoisotopic (exact) mass is 329 g/mol. The molecule has 1 nitrogen and oxygen atoms in total. The maximum atomic E-state index is 6.26. The van der Waals surface area contributed by atoms with Gasteiger partial charge in [0.2, 0.25) is 0 Å². The average Bonchev–Trinajstić information content (AvgIpc) is 2.54. The molecule has 22 heavy (non-hydrogen) atoms. The Labute approximate surface area is 141 Å². The Kier molecular flexibility index (Phi) is 4.92. The van der Waals surface area contributed by atoms with Gasteiger partial charge in [-0.3, -0.25) is 0 Å². The van der Waals surface area contributed by atoms with Gasteiger partial charge in [-0.15, -0.1) is 0 Å². The van der Waals surface area contributed by atoms with Crippen molar-refractivity contribution in [1.29, 1.82) is 0 Å². The molecule has 2 aromatic carbocycles. The van der Waals surface area contributed by atoms with E-state index in [1.54, 1.807) is 0 Å². The van der Waals surface area contributed by atoms with Crippen LogP contribution in [0.4, 0.5) is 0 Å². The zero-order valence-electron chi connectivity index (χ0n) is 12.9. The summed E-state index contributed by atoms with van der Waals surface area (Å²) in [5, 5.41) is 4.22. The zero-order chi connectivity index (χ0) is 15.5. The SMILES string of the molecule is Cc1ccc(Sc2cccc(Cl)c2C)c(C2=CCNCC2)c1. The van der Waals surface area contributed by atoms with Gasteiger partial charge in [-0.1, -0.05) is 53.2 Å². The Morgan fingerprint density at radius 3 is 2.73 bits per heavy atom. The lowest BCUT2D eigenvalue weighted by molar-refractivity contribution is 0.737. The molecule has 1 aliphatic rings. The maximum absolute atomic E-state index is 6.26. The first kappa shape index (κ1) is 15.7. The summed E-state index contributed by atoms with van der Waals surface area (Å²) in [4.78, 5) is 2.54. The van der Waals surface area contributed by atoms with Gasteiger partial charge in [0.05, 0.1) is 0 Å². The first-order chi connectivity index (χ1) is 10.6. The van der Waals surface area contributed by atoms with Crippen molar-refractivity contribution in [3.05, 3.63) is 64.2 Å². The second-order valence-corrected chi connectivity index (χ2v) is 7.14. The van der Waals surface area contributed by atoms with E-state index in [0.717, 1.165) is 30.1 Å². The highest BCUT2D eigenvalue weighted by Gasteiger charge is 2.13. The Morgan fingerprint density at radius 2 is 1.95 bits per heavy atom. The van der Waals surface area contributed by atoms with Crippen molar-refractivity contribution < 1.29 is 0 Å². The summed E-state index contributed by atoms with van der Waals surface area (Å²) in [7, 11) is 0. The molecule has 2 aromatic rings. The summed E-state index contributed by atoms with van der Waals surface area (Å²) in [6.45, 7) is 6.26. The molecule has 0 saturated heterocycles. The number of halogens is 1. The van der Waals surface area contributed by atoms with Gasteiger partial charge in [0, 0.05) is 21.4 Å². The number of hydrogen-bond donors (Lipinski definition) is 1. The molecule has 1 heterocycles. The molecule has 1 aliphatic heterocycles. The van der Waals surface area contributed by atoms with Gasteiger partial charge < -0.3 is 5.32 Å². The Hall–Kier alpha value is -1.22. The summed E-state index contributed by atoms with van der Waals surface area (Å²) in [6.07, 6.45) is 3.40. The Morgan fingerprint density at radius 1 is 1.09 bits per heavy atom. The summed E-state index contributed by atoms with van der Waals surface area (Å²) >= 11 is 8.07. The molecule has 0 unspecified atom stereocenters. The molecule has 0 saturated carbocycles. The average molecular weight is 330 g/mol. The normalized spacial score (nSPS) is 14.8. The molecule has 3 heteroatoms. The first-order valence-electron chi connectivity index (χ1n) is 7.59. The summed E-state index contributed by atoms with van der Waals surface area (Å²) in [5.74, 6) is 0. The van der Waals surface area contributed by atoms with Gasteiger partial charge in [0.1, 0.15) is 0 Å². The number of aryl methyl sites for hydroxylation is 1. The van der Waals surface area contributed by atoms with Gasteiger partial charge in [-0.25, -0.2) is 0 Å². The molecular weight excluding hydrogens is 310 g/mol.